The molecule has 1 aliphatic rings. The van der Waals surface area contributed by atoms with Crippen molar-refractivity contribution in [1.29, 1.82) is 0 Å². The molecule has 17 heavy (non-hydrogen) atoms. The summed E-state index contributed by atoms with van der Waals surface area (Å²) in [5, 5.41) is 0. The summed E-state index contributed by atoms with van der Waals surface area (Å²) in [7, 11) is 0. The highest BCUT2D eigenvalue weighted by Gasteiger charge is 2.33. The van der Waals surface area contributed by atoms with Crippen LogP contribution in [-0.2, 0) is 9.47 Å². The molecule has 0 radical (unpaired) electrons. The lowest BCUT2D eigenvalue weighted by atomic mass is 10.00. The van der Waals surface area contributed by atoms with Gasteiger partial charge in [0.05, 0.1) is 12.7 Å². The van der Waals surface area contributed by atoms with Gasteiger partial charge in [0.15, 0.2) is 0 Å². The van der Waals surface area contributed by atoms with Crippen LogP contribution in [0.3, 0.4) is 0 Å². The summed E-state index contributed by atoms with van der Waals surface area (Å²) in [4.78, 5) is 3.24. The van der Waals surface area contributed by atoms with Gasteiger partial charge in [-0.15, -0.1) is 0 Å². The highest BCUT2D eigenvalue weighted by molar-refractivity contribution is 5.09. The maximum Gasteiger partial charge on any atom is 0.100 e. The third-order valence-electron chi connectivity index (χ3n) is 3.37. The molecule has 0 aliphatic carbocycles. The summed E-state index contributed by atoms with van der Waals surface area (Å²) in [6.07, 6.45) is 5.85. The molecule has 0 aromatic carbocycles. The Morgan fingerprint density at radius 3 is 3.12 bits per heavy atom. The van der Waals surface area contributed by atoms with Crippen LogP contribution in [0.4, 0.5) is 0 Å². The molecule has 1 aromatic heterocycles. The van der Waals surface area contributed by atoms with E-state index < -0.39 is 0 Å². The number of ether oxygens (including phenoxy) is 2. The first-order valence-electron chi connectivity index (χ1n) is 6.67. The zero-order valence-electron chi connectivity index (χ0n) is 10.8. The van der Waals surface area contributed by atoms with Crippen molar-refractivity contribution in [1.82, 2.24) is 4.98 Å². The van der Waals surface area contributed by atoms with Crippen LogP contribution in [0, 0.1) is 5.92 Å². The van der Waals surface area contributed by atoms with Gasteiger partial charge in [0.25, 0.3) is 0 Å². The van der Waals surface area contributed by atoms with Crippen molar-refractivity contribution in [2.24, 2.45) is 5.92 Å². The first-order valence-corrected chi connectivity index (χ1v) is 6.67. The Morgan fingerprint density at radius 2 is 2.41 bits per heavy atom. The monoisotopic (exact) mass is 237 g/mol. The molecule has 96 valence electrons. The van der Waals surface area contributed by atoms with Crippen molar-refractivity contribution in [3.8, 4) is 0 Å². The number of aromatic amines is 1. The summed E-state index contributed by atoms with van der Waals surface area (Å²) in [6.45, 7) is 6.02. The van der Waals surface area contributed by atoms with Crippen LogP contribution in [0.5, 0.6) is 0 Å². The molecule has 0 bridgehead atoms. The van der Waals surface area contributed by atoms with Crippen LogP contribution < -0.4 is 0 Å². The minimum absolute atomic E-state index is 0.213. The van der Waals surface area contributed by atoms with Crippen molar-refractivity contribution < 1.29 is 9.47 Å². The molecule has 3 atom stereocenters. The number of rotatable bonds is 6. The third-order valence-corrected chi connectivity index (χ3v) is 3.37. The van der Waals surface area contributed by atoms with Gasteiger partial charge in [-0.1, -0.05) is 20.3 Å². The van der Waals surface area contributed by atoms with Crippen molar-refractivity contribution in [3.05, 3.63) is 24.0 Å². The van der Waals surface area contributed by atoms with Crippen LogP contribution >= 0.6 is 0 Å². The van der Waals surface area contributed by atoms with Crippen LogP contribution in [0.1, 0.15) is 44.9 Å². The summed E-state index contributed by atoms with van der Waals surface area (Å²) in [5.74, 6) is 0.563. The first-order chi connectivity index (χ1) is 8.31. The van der Waals surface area contributed by atoms with Crippen LogP contribution in [0.15, 0.2) is 18.3 Å². The van der Waals surface area contributed by atoms with Gasteiger partial charge in [0, 0.05) is 18.5 Å². The molecular weight excluding hydrogens is 214 g/mol. The average Bonchev–Trinajstić information content (AvgIpc) is 2.93. The molecule has 0 spiro atoms. The molecule has 1 fully saturated rings. The zero-order valence-corrected chi connectivity index (χ0v) is 10.8. The second kappa shape index (κ2) is 6.22. The fraction of sp³-hybridized carbons (Fsp3) is 0.714. The zero-order chi connectivity index (χ0) is 12.1. The Kier molecular flexibility index (Phi) is 4.63. The highest BCUT2D eigenvalue weighted by atomic mass is 16.5. The van der Waals surface area contributed by atoms with Crippen molar-refractivity contribution >= 4 is 0 Å². The van der Waals surface area contributed by atoms with Gasteiger partial charge in [-0.3, -0.25) is 0 Å². The van der Waals surface area contributed by atoms with Crippen molar-refractivity contribution in [3.63, 3.8) is 0 Å². The Bertz CT molecular complexity index is 310. The Morgan fingerprint density at radius 1 is 1.53 bits per heavy atom. The van der Waals surface area contributed by atoms with Crippen LogP contribution in [0.25, 0.3) is 0 Å². The number of hydrogen-bond donors (Lipinski definition) is 1. The third kappa shape index (κ3) is 3.33. The van der Waals surface area contributed by atoms with E-state index in [2.05, 4.69) is 24.9 Å². The summed E-state index contributed by atoms with van der Waals surface area (Å²) in [5.41, 5.74) is 1.19. The van der Waals surface area contributed by atoms with Gasteiger partial charge in [-0.05, 0) is 30.9 Å². The second-order valence-electron chi connectivity index (χ2n) is 4.95. The SMILES string of the molecule is CCCCOC[C@@H]1C[C@H](C)C(c2ccc[nH]2)O1. The van der Waals surface area contributed by atoms with Crippen LogP contribution in [-0.4, -0.2) is 24.3 Å². The molecule has 1 aliphatic heterocycles. The quantitative estimate of drug-likeness (QED) is 0.770. The molecule has 1 aromatic rings. The lowest BCUT2D eigenvalue weighted by molar-refractivity contribution is -0.0209. The number of H-pyrrole nitrogens is 1. The molecule has 0 saturated carbocycles. The predicted octanol–water partition coefficient (Wildman–Crippen LogP) is 3.30. The number of unbranched alkanes of at least 4 members (excludes halogenated alkanes) is 1. The van der Waals surface area contributed by atoms with Crippen molar-refractivity contribution in [2.45, 2.75) is 45.3 Å². The standard InChI is InChI=1S/C14H23NO2/c1-3-4-8-16-10-12-9-11(2)14(17-12)13-6-5-7-15-13/h5-7,11-12,14-15H,3-4,8-10H2,1-2H3/t11-,12-,14?/m0/s1. The fourth-order valence-corrected chi connectivity index (χ4v) is 2.40. The molecule has 1 unspecified atom stereocenters. The Balaban J connectivity index is 1.77. The van der Waals surface area contributed by atoms with E-state index in [1.165, 1.54) is 12.1 Å². The van der Waals surface area contributed by atoms with Gasteiger partial charge in [-0.2, -0.15) is 0 Å². The molecule has 2 rings (SSSR count). The Hall–Kier alpha value is -0.800. The van der Waals surface area contributed by atoms with Gasteiger partial charge < -0.3 is 14.5 Å². The first kappa shape index (κ1) is 12.7. The van der Waals surface area contributed by atoms with Gasteiger partial charge >= 0.3 is 0 Å². The molecule has 1 saturated heterocycles. The molecular formula is C14H23NO2. The average molecular weight is 237 g/mol. The minimum Gasteiger partial charge on any atom is -0.379 e. The lowest BCUT2D eigenvalue weighted by Gasteiger charge is -2.14. The smallest absolute Gasteiger partial charge is 0.100 e. The predicted molar refractivity (Wildman–Crippen MR) is 67.9 cm³/mol. The largest absolute Gasteiger partial charge is 0.379 e. The van der Waals surface area contributed by atoms with E-state index in [-0.39, 0.29) is 12.2 Å². The number of nitrogens with one attached hydrogen (secondary N) is 1. The number of aromatic nitrogens is 1. The second-order valence-corrected chi connectivity index (χ2v) is 4.95. The molecule has 3 heteroatoms. The summed E-state index contributed by atoms with van der Waals surface area (Å²) < 4.78 is 11.7. The normalized spacial score (nSPS) is 28.7. The maximum atomic E-state index is 6.04. The highest BCUT2D eigenvalue weighted by Crippen LogP contribution is 2.37. The summed E-state index contributed by atoms with van der Waals surface area (Å²) in [6, 6.07) is 4.12. The summed E-state index contributed by atoms with van der Waals surface area (Å²) >= 11 is 0. The molecule has 2 heterocycles. The van der Waals surface area contributed by atoms with Gasteiger partial charge in [-0.25, -0.2) is 0 Å². The van der Waals surface area contributed by atoms with Crippen molar-refractivity contribution in [2.75, 3.05) is 13.2 Å². The molecule has 3 nitrogen and oxygen atoms in total. The lowest BCUT2D eigenvalue weighted by Crippen LogP contribution is -2.15. The van der Waals surface area contributed by atoms with E-state index in [0.717, 1.165) is 26.1 Å². The topological polar surface area (TPSA) is 34.2 Å². The molecule has 1 N–H and O–H groups in total. The maximum absolute atomic E-state index is 6.04. The van der Waals surface area contributed by atoms with E-state index in [1.807, 2.05) is 12.3 Å². The van der Waals surface area contributed by atoms with Crippen LogP contribution in [0.2, 0.25) is 0 Å². The van der Waals surface area contributed by atoms with E-state index >= 15 is 0 Å². The van der Waals surface area contributed by atoms with E-state index in [0.29, 0.717) is 5.92 Å². The van der Waals surface area contributed by atoms with E-state index in [9.17, 15) is 0 Å². The minimum atomic E-state index is 0.213. The van der Waals surface area contributed by atoms with Gasteiger partial charge in [0.2, 0.25) is 0 Å². The van der Waals surface area contributed by atoms with E-state index in [4.69, 9.17) is 9.47 Å². The fourth-order valence-electron chi connectivity index (χ4n) is 2.40. The van der Waals surface area contributed by atoms with E-state index in [1.54, 1.807) is 0 Å². The number of hydrogen-bond acceptors (Lipinski definition) is 2. The molecule has 0 amide bonds. The Labute approximate surface area is 104 Å². The van der Waals surface area contributed by atoms with Gasteiger partial charge in [0.1, 0.15) is 6.10 Å².